The van der Waals surface area contributed by atoms with Gasteiger partial charge in [-0.15, -0.1) is 0 Å². The molecule has 1 saturated heterocycles. The van der Waals surface area contributed by atoms with E-state index in [0.717, 1.165) is 19.5 Å². The quantitative estimate of drug-likeness (QED) is 0.928. The van der Waals surface area contributed by atoms with Crippen LogP contribution < -0.4 is 10.1 Å². The first-order chi connectivity index (χ1) is 9.58. The van der Waals surface area contributed by atoms with Gasteiger partial charge in [0, 0.05) is 11.6 Å². The van der Waals surface area contributed by atoms with Crippen molar-refractivity contribution in [1.82, 2.24) is 4.90 Å². The molecule has 0 aromatic heterocycles. The second-order valence-electron chi connectivity index (χ2n) is 5.38. The summed E-state index contributed by atoms with van der Waals surface area (Å²) in [6, 6.07) is 5.19. The minimum Gasteiger partial charge on any atom is -0.495 e. The molecule has 1 aliphatic rings. The third-order valence-electron chi connectivity index (χ3n) is 3.54. The molecule has 1 aliphatic heterocycles. The Bertz CT molecular complexity index is 479. The second-order valence-corrected chi connectivity index (χ2v) is 5.81. The van der Waals surface area contributed by atoms with Crippen LogP contribution in [0.5, 0.6) is 5.75 Å². The number of hydrogen-bond acceptors (Lipinski definition) is 3. The van der Waals surface area contributed by atoms with E-state index in [0.29, 0.717) is 28.9 Å². The summed E-state index contributed by atoms with van der Waals surface area (Å²) >= 11 is 5.95. The molecular weight excluding hydrogens is 276 g/mol. The Morgan fingerprint density at radius 1 is 1.55 bits per heavy atom. The van der Waals surface area contributed by atoms with Gasteiger partial charge in [0.05, 0.1) is 19.3 Å². The molecule has 1 N–H and O–H groups in total. The molecule has 20 heavy (non-hydrogen) atoms. The Morgan fingerprint density at radius 2 is 2.35 bits per heavy atom. The highest BCUT2D eigenvalue weighted by atomic mass is 35.5. The van der Waals surface area contributed by atoms with Gasteiger partial charge in [0.15, 0.2) is 0 Å². The van der Waals surface area contributed by atoms with Crippen LogP contribution in [0.15, 0.2) is 18.2 Å². The standard InChI is InChI=1S/C15H21ClN2O2/c1-11-4-3-7-18(9-11)10-15(19)17-13-8-12(16)5-6-14(13)20-2/h5-6,8,11H,3-4,7,9-10H2,1-2H3,(H,17,19). The van der Waals surface area contributed by atoms with Crippen molar-refractivity contribution in [3.8, 4) is 5.75 Å². The topological polar surface area (TPSA) is 41.6 Å². The van der Waals surface area contributed by atoms with Gasteiger partial charge in [0.25, 0.3) is 0 Å². The van der Waals surface area contributed by atoms with E-state index >= 15 is 0 Å². The van der Waals surface area contributed by atoms with Crippen LogP contribution in [-0.2, 0) is 4.79 Å². The van der Waals surface area contributed by atoms with Gasteiger partial charge in [0.2, 0.25) is 5.91 Å². The van der Waals surface area contributed by atoms with Crippen LogP contribution >= 0.6 is 11.6 Å². The van der Waals surface area contributed by atoms with E-state index in [9.17, 15) is 4.79 Å². The fraction of sp³-hybridized carbons (Fsp3) is 0.533. The molecule has 1 atom stereocenters. The van der Waals surface area contributed by atoms with Gasteiger partial charge in [-0.05, 0) is 43.5 Å². The van der Waals surface area contributed by atoms with Gasteiger partial charge >= 0.3 is 0 Å². The number of carbonyl (C=O) groups is 1. The van der Waals surface area contributed by atoms with Crippen molar-refractivity contribution in [1.29, 1.82) is 0 Å². The number of anilines is 1. The van der Waals surface area contributed by atoms with Crippen LogP contribution in [0.2, 0.25) is 5.02 Å². The van der Waals surface area contributed by atoms with Gasteiger partial charge in [-0.25, -0.2) is 0 Å². The molecule has 110 valence electrons. The van der Waals surface area contributed by atoms with E-state index in [1.165, 1.54) is 6.42 Å². The molecule has 0 bridgehead atoms. The average Bonchev–Trinajstić information content (AvgIpc) is 2.38. The number of ether oxygens (including phenoxy) is 1. The molecule has 4 nitrogen and oxygen atoms in total. The van der Waals surface area contributed by atoms with Crippen molar-refractivity contribution in [3.63, 3.8) is 0 Å². The molecule has 1 aromatic carbocycles. The zero-order valence-corrected chi connectivity index (χ0v) is 12.7. The van der Waals surface area contributed by atoms with E-state index in [1.807, 2.05) is 0 Å². The number of nitrogens with one attached hydrogen (secondary N) is 1. The van der Waals surface area contributed by atoms with E-state index < -0.39 is 0 Å². The van der Waals surface area contributed by atoms with Gasteiger partial charge in [-0.3, -0.25) is 9.69 Å². The Morgan fingerprint density at radius 3 is 3.05 bits per heavy atom. The first-order valence-electron chi connectivity index (χ1n) is 6.94. The van der Waals surface area contributed by atoms with Crippen LogP contribution in [0.25, 0.3) is 0 Å². The zero-order chi connectivity index (χ0) is 14.5. The maximum absolute atomic E-state index is 12.1. The molecule has 5 heteroatoms. The maximum atomic E-state index is 12.1. The van der Waals surface area contributed by atoms with Gasteiger partial charge in [-0.2, -0.15) is 0 Å². The second kappa shape index (κ2) is 6.95. The summed E-state index contributed by atoms with van der Waals surface area (Å²) in [7, 11) is 1.57. The molecule has 1 aromatic rings. The van der Waals surface area contributed by atoms with Crippen molar-refractivity contribution in [2.24, 2.45) is 5.92 Å². The molecule has 0 spiro atoms. The predicted molar refractivity (Wildman–Crippen MR) is 81.5 cm³/mol. The lowest BCUT2D eigenvalue weighted by Crippen LogP contribution is -2.39. The number of halogens is 1. The molecule has 1 amide bonds. The van der Waals surface area contributed by atoms with Gasteiger partial charge < -0.3 is 10.1 Å². The Balaban J connectivity index is 1.95. The molecule has 1 unspecified atom stereocenters. The highest BCUT2D eigenvalue weighted by molar-refractivity contribution is 6.31. The number of methoxy groups -OCH3 is 1. The molecule has 2 rings (SSSR count). The largest absolute Gasteiger partial charge is 0.495 e. The number of benzene rings is 1. The molecule has 0 radical (unpaired) electrons. The van der Waals surface area contributed by atoms with Crippen molar-refractivity contribution in [2.45, 2.75) is 19.8 Å². The molecule has 0 aliphatic carbocycles. The lowest BCUT2D eigenvalue weighted by molar-refractivity contribution is -0.117. The van der Waals surface area contributed by atoms with Gasteiger partial charge in [-0.1, -0.05) is 18.5 Å². The average molecular weight is 297 g/mol. The summed E-state index contributed by atoms with van der Waals surface area (Å²) in [4.78, 5) is 14.3. The number of amides is 1. The molecule has 1 fully saturated rings. The van der Waals surface area contributed by atoms with Crippen molar-refractivity contribution < 1.29 is 9.53 Å². The van der Waals surface area contributed by atoms with Crippen LogP contribution in [0.4, 0.5) is 5.69 Å². The first-order valence-corrected chi connectivity index (χ1v) is 7.32. The highest BCUT2D eigenvalue weighted by Crippen LogP contribution is 2.27. The van der Waals surface area contributed by atoms with Crippen molar-refractivity contribution in [3.05, 3.63) is 23.2 Å². The van der Waals surface area contributed by atoms with Crippen molar-refractivity contribution in [2.75, 3.05) is 32.1 Å². The van der Waals surface area contributed by atoms with Crippen LogP contribution in [0.1, 0.15) is 19.8 Å². The summed E-state index contributed by atoms with van der Waals surface area (Å²) in [5.74, 6) is 1.26. The Labute approximate surface area is 125 Å². The zero-order valence-electron chi connectivity index (χ0n) is 12.0. The summed E-state index contributed by atoms with van der Waals surface area (Å²) in [6.45, 7) is 4.62. The SMILES string of the molecule is COc1ccc(Cl)cc1NC(=O)CN1CCCC(C)C1. The van der Waals surface area contributed by atoms with E-state index in [1.54, 1.807) is 25.3 Å². The predicted octanol–water partition coefficient (Wildman–Crippen LogP) is 3.02. The Hall–Kier alpha value is -1.26. The minimum absolute atomic E-state index is 0.0281. The number of nitrogens with zero attached hydrogens (tertiary/aromatic N) is 1. The number of likely N-dealkylation sites (tertiary alicyclic amines) is 1. The minimum atomic E-state index is -0.0281. The summed E-state index contributed by atoms with van der Waals surface area (Å²) in [5.41, 5.74) is 0.620. The van der Waals surface area contributed by atoms with E-state index in [-0.39, 0.29) is 5.91 Å². The molecule has 0 saturated carbocycles. The van der Waals surface area contributed by atoms with E-state index in [2.05, 4.69) is 17.1 Å². The van der Waals surface area contributed by atoms with Gasteiger partial charge in [0.1, 0.15) is 5.75 Å². The third kappa shape index (κ3) is 4.12. The van der Waals surface area contributed by atoms with Crippen LogP contribution in [0.3, 0.4) is 0 Å². The molecular formula is C15H21ClN2O2. The fourth-order valence-corrected chi connectivity index (χ4v) is 2.77. The fourth-order valence-electron chi connectivity index (χ4n) is 2.60. The van der Waals surface area contributed by atoms with Crippen LogP contribution in [-0.4, -0.2) is 37.6 Å². The summed E-state index contributed by atoms with van der Waals surface area (Å²) in [5, 5.41) is 3.45. The highest BCUT2D eigenvalue weighted by Gasteiger charge is 2.19. The smallest absolute Gasteiger partial charge is 0.238 e. The summed E-state index contributed by atoms with van der Waals surface area (Å²) in [6.07, 6.45) is 2.41. The third-order valence-corrected chi connectivity index (χ3v) is 3.78. The number of rotatable bonds is 4. The number of piperidine rings is 1. The first kappa shape index (κ1) is 15.1. The molecule has 1 heterocycles. The normalized spacial score (nSPS) is 19.6. The monoisotopic (exact) mass is 296 g/mol. The van der Waals surface area contributed by atoms with Crippen molar-refractivity contribution >= 4 is 23.2 Å². The number of carbonyl (C=O) groups excluding carboxylic acids is 1. The van der Waals surface area contributed by atoms with E-state index in [4.69, 9.17) is 16.3 Å². The maximum Gasteiger partial charge on any atom is 0.238 e. The lowest BCUT2D eigenvalue weighted by atomic mass is 10.0. The Kier molecular flexibility index (Phi) is 5.26. The van der Waals surface area contributed by atoms with Crippen LogP contribution in [0, 0.1) is 5.92 Å². The number of hydrogen-bond donors (Lipinski definition) is 1. The lowest BCUT2D eigenvalue weighted by Gasteiger charge is -2.30. The summed E-state index contributed by atoms with van der Waals surface area (Å²) < 4.78 is 5.22.